The van der Waals surface area contributed by atoms with Crippen LogP contribution in [0, 0.1) is 15.9 Å². The Balaban J connectivity index is 1.31. The number of rotatable bonds is 7. The first-order chi connectivity index (χ1) is 15.9. The summed E-state index contributed by atoms with van der Waals surface area (Å²) in [5, 5.41) is 16.0. The molecule has 3 aromatic rings. The Hall–Kier alpha value is -3.50. The molecule has 1 saturated heterocycles. The molecule has 1 aromatic heterocycles. The number of piperazine rings is 1. The van der Waals surface area contributed by atoms with Gasteiger partial charge in [-0.1, -0.05) is 23.7 Å². The first-order valence-electron chi connectivity index (χ1n) is 10.3. The van der Waals surface area contributed by atoms with Crippen LogP contribution in [0.3, 0.4) is 0 Å². The predicted molar refractivity (Wildman–Crippen MR) is 119 cm³/mol. The van der Waals surface area contributed by atoms with E-state index in [1.165, 1.54) is 10.9 Å². The summed E-state index contributed by atoms with van der Waals surface area (Å²) in [6.07, 6.45) is 1.54. The van der Waals surface area contributed by atoms with Gasteiger partial charge in [-0.3, -0.25) is 19.8 Å². The maximum atomic E-state index is 13.4. The number of aromatic nitrogens is 2. The van der Waals surface area contributed by atoms with Gasteiger partial charge in [-0.15, -0.1) is 0 Å². The Morgan fingerprint density at radius 1 is 1.12 bits per heavy atom. The highest BCUT2D eigenvalue weighted by molar-refractivity contribution is 6.30. The van der Waals surface area contributed by atoms with Crippen molar-refractivity contribution >= 4 is 23.2 Å². The average Bonchev–Trinajstić information content (AvgIpc) is 3.28. The van der Waals surface area contributed by atoms with Crippen molar-refractivity contribution in [2.24, 2.45) is 0 Å². The van der Waals surface area contributed by atoms with Gasteiger partial charge in [0.15, 0.2) is 12.4 Å². The van der Waals surface area contributed by atoms with Crippen LogP contribution in [0.25, 0.3) is 0 Å². The normalized spacial score (nSPS) is 14.3. The van der Waals surface area contributed by atoms with Crippen LogP contribution in [0.4, 0.5) is 10.1 Å². The molecule has 9 nitrogen and oxygen atoms in total. The minimum absolute atomic E-state index is 0.198. The number of amides is 1. The topological polar surface area (TPSA) is 93.7 Å². The maximum absolute atomic E-state index is 13.4. The number of hydrogen-bond acceptors (Lipinski definition) is 6. The molecule has 0 unspecified atom stereocenters. The summed E-state index contributed by atoms with van der Waals surface area (Å²) in [5.74, 6) is -1.06. The fourth-order valence-corrected chi connectivity index (χ4v) is 3.68. The molecular formula is C22H21ClFN5O4. The number of nitrogens with zero attached hydrogens (tertiary/aromatic N) is 5. The number of ether oxygens (including phenoxy) is 1. The van der Waals surface area contributed by atoms with E-state index >= 15 is 0 Å². The number of nitro groups is 1. The van der Waals surface area contributed by atoms with E-state index in [-0.39, 0.29) is 29.8 Å². The Morgan fingerprint density at radius 2 is 1.85 bits per heavy atom. The zero-order valence-corrected chi connectivity index (χ0v) is 18.3. The van der Waals surface area contributed by atoms with Crippen molar-refractivity contribution in [2.75, 3.05) is 26.2 Å². The summed E-state index contributed by atoms with van der Waals surface area (Å²) in [4.78, 5) is 27.2. The average molecular weight is 474 g/mol. The van der Waals surface area contributed by atoms with Gasteiger partial charge in [-0.25, -0.2) is 9.07 Å². The standard InChI is InChI=1S/C22H21ClFN5O4/c23-17-3-1-16(2-4-17)14-26-9-11-27(12-10-26)22(30)19-7-8-28(25-19)15-33-21-13-18(24)5-6-20(21)29(31)32/h1-8,13H,9-12,14-15H2. The second-order valence-electron chi connectivity index (χ2n) is 7.58. The number of hydrogen-bond donors (Lipinski definition) is 0. The fraction of sp³-hybridized carbons (Fsp3) is 0.273. The second-order valence-corrected chi connectivity index (χ2v) is 8.01. The molecule has 0 N–H and O–H groups in total. The molecule has 0 spiro atoms. The molecule has 33 heavy (non-hydrogen) atoms. The predicted octanol–water partition coefficient (Wildman–Crippen LogP) is 3.58. The van der Waals surface area contributed by atoms with Gasteiger partial charge in [0.2, 0.25) is 5.75 Å². The van der Waals surface area contributed by atoms with Crippen molar-refractivity contribution in [2.45, 2.75) is 13.3 Å². The largest absolute Gasteiger partial charge is 0.464 e. The second kappa shape index (κ2) is 9.97. The highest BCUT2D eigenvalue weighted by Crippen LogP contribution is 2.27. The molecule has 2 aromatic carbocycles. The Morgan fingerprint density at radius 3 is 2.55 bits per heavy atom. The molecule has 4 rings (SSSR count). The first-order valence-corrected chi connectivity index (χ1v) is 10.6. The first kappa shape index (κ1) is 22.7. The highest BCUT2D eigenvalue weighted by Gasteiger charge is 2.24. The van der Waals surface area contributed by atoms with Crippen molar-refractivity contribution in [3.63, 3.8) is 0 Å². The third kappa shape index (κ3) is 5.65. The van der Waals surface area contributed by atoms with E-state index in [9.17, 15) is 19.3 Å². The lowest BCUT2D eigenvalue weighted by Gasteiger charge is -2.34. The van der Waals surface area contributed by atoms with Crippen LogP contribution in [0.2, 0.25) is 5.02 Å². The molecular weight excluding hydrogens is 453 g/mol. The summed E-state index contributed by atoms with van der Waals surface area (Å²) in [7, 11) is 0. The van der Waals surface area contributed by atoms with E-state index in [0.717, 1.165) is 43.4 Å². The molecule has 1 amide bonds. The van der Waals surface area contributed by atoms with Crippen LogP contribution in [0.1, 0.15) is 16.1 Å². The van der Waals surface area contributed by atoms with E-state index in [4.69, 9.17) is 16.3 Å². The van der Waals surface area contributed by atoms with Crippen LogP contribution in [-0.2, 0) is 13.3 Å². The van der Waals surface area contributed by atoms with Crippen LogP contribution >= 0.6 is 11.6 Å². The Kier molecular flexibility index (Phi) is 6.85. The number of nitro benzene ring substituents is 1. The van der Waals surface area contributed by atoms with Crippen LogP contribution in [0.15, 0.2) is 54.7 Å². The zero-order valence-electron chi connectivity index (χ0n) is 17.6. The minimum atomic E-state index is -0.653. The van der Waals surface area contributed by atoms with E-state index in [0.29, 0.717) is 18.1 Å². The summed E-state index contributed by atoms with van der Waals surface area (Å²) in [6, 6.07) is 12.2. The van der Waals surface area contributed by atoms with E-state index in [1.807, 2.05) is 24.3 Å². The Bertz CT molecular complexity index is 1150. The molecule has 11 heteroatoms. The molecule has 1 aliphatic rings. The fourth-order valence-electron chi connectivity index (χ4n) is 3.56. The van der Waals surface area contributed by atoms with Crippen molar-refractivity contribution in [1.29, 1.82) is 0 Å². The van der Waals surface area contributed by atoms with Crippen molar-refractivity contribution in [1.82, 2.24) is 19.6 Å². The third-order valence-corrected chi connectivity index (χ3v) is 5.56. The molecule has 1 aliphatic heterocycles. The molecule has 0 atom stereocenters. The number of benzene rings is 2. The lowest BCUT2D eigenvalue weighted by Crippen LogP contribution is -2.48. The van der Waals surface area contributed by atoms with Crippen LogP contribution in [0.5, 0.6) is 5.75 Å². The summed E-state index contributed by atoms with van der Waals surface area (Å²) in [6.45, 7) is 3.21. The van der Waals surface area contributed by atoms with Gasteiger partial charge in [0.05, 0.1) is 4.92 Å². The van der Waals surface area contributed by atoms with Gasteiger partial charge in [0.25, 0.3) is 5.91 Å². The van der Waals surface area contributed by atoms with Gasteiger partial charge >= 0.3 is 5.69 Å². The molecule has 0 aliphatic carbocycles. The molecule has 0 radical (unpaired) electrons. The molecule has 0 bridgehead atoms. The summed E-state index contributed by atoms with van der Waals surface area (Å²) in [5.41, 5.74) is 1.06. The highest BCUT2D eigenvalue weighted by atomic mass is 35.5. The number of carbonyl (C=O) groups is 1. The van der Waals surface area contributed by atoms with E-state index in [1.54, 1.807) is 11.0 Å². The van der Waals surface area contributed by atoms with Crippen LogP contribution < -0.4 is 4.74 Å². The van der Waals surface area contributed by atoms with Crippen molar-refractivity contribution in [3.05, 3.63) is 86.9 Å². The van der Waals surface area contributed by atoms with Crippen LogP contribution in [-0.4, -0.2) is 56.6 Å². The maximum Gasteiger partial charge on any atom is 0.311 e. The van der Waals surface area contributed by atoms with E-state index in [2.05, 4.69) is 10.00 Å². The molecule has 1 fully saturated rings. The smallest absolute Gasteiger partial charge is 0.311 e. The lowest BCUT2D eigenvalue weighted by atomic mass is 10.2. The quantitative estimate of drug-likeness (QED) is 0.384. The van der Waals surface area contributed by atoms with E-state index < -0.39 is 10.7 Å². The third-order valence-electron chi connectivity index (χ3n) is 5.31. The molecule has 172 valence electrons. The van der Waals surface area contributed by atoms with Crippen molar-refractivity contribution in [3.8, 4) is 5.75 Å². The minimum Gasteiger partial charge on any atom is -0.464 e. The van der Waals surface area contributed by atoms with Gasteiger partial charge < -0.3 is 9.64 Å². The summed E-state index contributed by atoms with van der Waals surface area (Å²) < 4.78 is 20.1. The van der Waals surface area contributed by atoms with Gasteiger partial charge in [-0.2, -0.15) is 5.10 Å². The lowest BCUT2D eigenvalue weighted by molar-refractivity contribution is -0.386. The molecule has 2 heterocycles. The molecule has 0 saturated carbocycles. The number of carbonyl (C=O) groups excluding carboxylic acids is 1. The summed E-state index contributed by atoms with van der Waals surface area (Å²) >= 11 is 5.93. The van der Waals surface area contributed by atoms with Gasteiger partial charge in [0.1, 0.15) is 5.82 Å². The van der Waals surface area contributed by atoms with Gasteiger partial charge in [-0.05, 0) is 29.8 Å². The van der Waals surface area contributed by atoms with Gasteiger partial charge in [0, 0.05) is 56.1 Å². The monoisotopic (exact) mass is 473 g/mol. The SMILES string of the molecule is O=C(c1ccn(COc2cc(F)ccc2[N+](=O)[O-])n1)N1CCN(Cc2ccc(Cl)cc2)CC1. The van der Waals surface area contributed by atoms with Crippen molar-refractivity contribution < 1.29 is 18.8 Å². The Labute approximate surface area is 194 Å². The zero-order chi connectivity index (χ0) is 23.4. The number of halogens is 2.